The molecule has 0 spiro atoms. The molecule has 2 amide bonds. The van der Waals surface area contributed by atoms with E-state index in [-0.39, 0.29) is 35.3 Å². The number of carbonyl (C=O) groups is 2. The van der Waals surface area contributed by atoms with Gasteiger partial charge < -0.3 is 10.2 Å². The first-order valence-corrected chi connectivity index (χ1v) is 8.96. The molecule has 7 heteroatoms. The lowest BCUT2D eigenvalue weighted by Crippen LogP contribution is -2.45. The van der Waals surface area contributed by atoms with Gasteiger partial charge in [-0.1, -0.05) is 6.42 Å². The fourth-order valence-corrected chi connectivity index (χ4v) is 4.46. The van der Waals surface area contributed by atoms with Crippen LogP contribution in [0.3, 0.4) is 0 Å². The second-order valence-corrected chi connectivity index (χ2v) is 7.92. The molecular formula is C13H22N2O4S. The summed E-state index contributed by atoms with van der Waals surface area (Å²) >= 11 is 0. The Balaban J connectivity index is 1.80. The maximum absolute atomic E-state index is 11.7. The fraction of sp³-hybridized carbons (Fsp3) is 0.846. The summed E-state index contributed by atoms with van der Waals surface area (Å²) < 4.78 is 23.0. The van der Waals surface area contributed by atoms with E-state index < -0.39 is 9.84 Å². The molecule has 0 bridgehead atoms. The highest BCUT2D eigenvalue weighted by molar-refractivity contribution is 7.91. The molecule has 20 heavy (non-hydrogen) atoms. The number of carbonyl (C=O) groups excluding carboxylic acids is 2. The molecule has 1 atom stereocenters. The Morgan fingerprint density at radius 2 is 1.95 bits per heavy atom. The van der Waals surface area contributed by atoms with Gasteiger partial charge >= 0.3 is 0 Å². The van der Waals surface area contributed by atoms with Crippen molar-refractivity contribution in [2.24, 2.45) is 5.92 Å². The van der Waals surface area contributed by atoms with Gasteiger partial charge in [-0.15, -0.1) is 0 Å². The Kier molecular flexibility index (Phi) is 4.67. The van der Waals surface area contributed by atoms with Crippen molar-refractivity contribution < 1.29 is 18.0 Å². The van der Waals surface area contributed by atoms with E-state index in [1.165, 1.54) is 6.92 Å². The summed E-state index contributed by atoms with van der Waals surface area (Å²) in [6.07, 6.45) is 3.50. The van der Waals surface area contributed by atoms with Gasteiger partial charge in [-0.25, -0.2) is 8.42 Å². The van der Waals surface area contributed by atoms with E-state index in [1.54, 1.807) is 4.90 Å². The monoisotopic (exact) mass is 302 g/mol. The number of sulfone groups is 1. The normalized spacial score (nSPS) is 24.9. The first-order valence-electron chi connectivity index (χ1n) is 7.14. The molecule has 0 aromatic rings. The molecule has 0 aromatic heterocycles. The lowest BCUT2D eigenvalue weighted by molar-refractivity contribution is -0.132. The third-order valence-electron chi connectivity index (χ3n) is 4.18. The van der Waals surface area contributed by atoms with Crippen LogP contribution in [0.2, 0.25) is 0 Å². The highest BCUT2D eigenvalue weighted by atomic mass is 32.2. The highest BCUT2D eigenvalue weighted by Crippen LogP contribution is 2.26. The van der Waals surface area contributed by atoms with E-state index >= 15 is 0 Å². The summed E-state index contributed by atoms with van der Waals surface area (Å²) in [4.78, 5) is 24.9. The summed E-state index contributed by atoms with van der Waals surface area (Å²) in [7, 11) is -3.00. The van der Waals surface area contributed by atoms with Crippen molar-refractivity contribution in [1.29, 1.82) is 0 Å². The molecule has 0 radical (unpaired) electrons. The third-order valence-corrected chi connectivity index (χ3v) is 5.93. The average Bonchev–Trinajstić information content (AvgIpc) is 2.61. The average molecular weight is 302 g/mol. The van der Waals surface area contributed by atoms with E-state index in [9.17, 15) is 18.0 Å². The summed E-state index contributed by atoms with van der Waals surface area (Å²) in [6, 6.07) is -0.238. The Labute approximate surface area is 119 Å². The first kappa shape index (κ1) is 15.3. The predicted octanol–water partition coefficient (Wildman–Crippen LogP) is -0.0617. The second-order valence-electron chi connectivity index (χ2n) is 5.69. The number of amides is 2. The van der Waals surface area contributed by atoms with Crippen LogP contribution in [0.5, 0.6) is 0 Å². The van der Waals surface area contributed by atoms with E-state index in [0.717, 1.165) is 19.3 Å². The summed E-state index contributed by atoms with van der Waals surface area (Å²) in [6.45, 7) is 2.22. The van der Waals surface area contributed by atoms with Crippen molar-refractivity contribution in [3.8, 4) is 0 Å². The molecule has 0 aromatic carbocycles. The molecule has 1 saturated heterocycles. The van der Waals surface area contributed by atoms with Gasteiger partial charge in [0.1, 0.15) is 0 Å². The lowest BCUT2D eigenvalue weighted by atomic mass is 9.85. The number of hydrogen-bond acceptors (Lipinski definition) is 4. The van der Waals surface area contributed by atoms with Gasteiger partial charge in [-0.05, 0) is 19.3 Å². The van der Waals surface area contributed by atoms with Gasteiger partial charge in [0.15, 0.2) is 9.84 Å². The third kappa shape index (κ3) is 3.71. The quantitative estimate of drug-likeness (QED) is 0.771. The number of nitrogens with one attached hydrogen (secondary N) is 1. The summed E-state index contributed by atoms with van der Waals surface area (Å²) in [5.41, 5.74) is 0. The van der Waals surface area contributed by atoms with Crippen LogP contribution in [-0.2, 0) is 19.4 Å². The van der Waals surface area contributed by atoms with Crippen LogP contribution in [0.15, 0.2) is 0 Å². The Hall–Kier alpha value is -1.11. The van der Waals surface area contributed by atoms with E-state index in [1.807, 2.05) is 0 Å². The van der Waals surface area contributed by atoms with Crippen LogP contribution in [0.4, 0.5) is 0 Å². The van der Waals surface area contributed by atoms with E-state index in [2.05, 4.69) is 5.32 Å². The predicted molar refractivity (Wildman–Crippen MR) is 74.8 cm³/mol. The number of nitrogens with zero attached hydrogens (tertiary/aromatic N) is 1. The van der Waals surface area contributed by atoms with Gasteiger partial charge in [0.05, 0.1) is 11.5 Å². The minimum atomic E-state index is -3.00. The SMILES string of the molecule is CC(=O)N(CCNC(=O)C1CCC1)C1CCS(=O)(=O)C1. The van der Waals surface area contributed by atoms with Crippen molar-refractivity contribution in [3.63, 3.8) is 0 Å². The standard InChI is InChI=1S/C13H22N2O4S/c1-10(16)15(12-5-8-20(18,19)9-12)7-6-14-13(17)11-3-2-4-11/h11-12H,2-9H2,1H3,(H,14,17). The van der Waals surface area contributed by atoms with Crippen molar-refractivity contribution in [1.82, 2.24) is 10.2 Å². The minimum absolute atomic E-state index is 0.0448. The van der Waals surface area contributed by atoms with Gasteiger partial charge in [0.2, 0.25) is 11.8 Å². The van der Waals surface area contributed by atoms with Crippen LogP contribution < -0.4 is 5.32 Å². The zero-order valence-corrected chi connectivity index (χ0v) is 12.6. The van der Waals surface area contributed by atoms with Crippen molar-refractivity contribution >= 4 is 21.7 Å². The summed E-state index contributed by atoms with van der Waals surface area (Å²) in [5, 5.41) is 2.83. The first-order chi connectivity index (χ1) is 9.39. The summed E-state index contributed by atoms with van der Waals surface area (Å²) in [5.74, 6) is 0.246. The van der Waals surface area contributed by atoms with Crippen LogP contribution in [-0.4, -0.2) is 55.8 Å². The Morgan fingerprint density at radius 1 is 1.25 bits per heavy atom. The molecule has 1 aliphatic carbocycles. The van der Waals surface area contributed by atoms with Crippen LogP contribution in [0, 0.1) is 5.92 Å². The van der Waals surface area contributed by atoms with Crippen LogP contribution in [0.1, 0.15) is 32.6 Å². The topological polar surface area (TPSA) is 83.6 Å². The molecule has 2 aliphatic rings. The number of hydrogen-bond donors (Lipinski definition) is 1. The lowest BCUT2D eigenvalue weighted by Gasteiger charge is -2.28. The van der Waals surface area contributed by atoms with Gasteiger partial charge in [0.25, 0.3) is 0 Å². The second kappa shape index (κ2) is 6.11. The zero-order valence-electron chi connectivity index (χ0n) is 11.8. The Morgan fingerprint density at radius 3 is 2.40 bits per heavy atom. The minimum Gasteiger partial charge on any atom is -0.354 e. The molecule has 1 heterocycles. The maximum atomic E-state index is 11.7. The Bertz CT molecular complexity index is 485. The smallest absolute Gasteiger partial charge is 0.223 e. The molecule has 2 fully saturated rings. The van der Waals surface area contributed by atoms with Crippen molar-refractivity contribution in [2.45, 2.75) is 38.6 Å². The van der Waals surface area contributed by atoms with Gasteiger partial charge in [-0.2, -0.15) is 0 Å². The molecule has 6 nitrogen and oxygen atoms in total. The molecule has 1 saturated carbocycles. The van der Waals surface area contributed by atoms with Gasteiger partial charge in [0, 0.05) is 32.0 Å². The molecule has 2 rings (SSSR count). The van der Waals surface area contributed by atoms with Crippen LogP contribution >= 0.6 is 0 Å². The molecule has 1 unspecified atom stereocenters. The van der Waals surface area contributed by atoms with Crippen LogP contribution in [0.25, 0.3) is 0 Å². The number of rotatable bonds is 5. The molecular weight excluding hydrogens is 280 g/mol. The zero-order chi connectivity index (χ0) is 14.8. The van der Waals surface area contributed by atoms with Gasteiger partial charge in [-0.3, -0.25) is 9.59 Å². The van der Waals surface area contributed by atoms with E-state index in [0.29, 0.717) is 19.5 Å². The maximum Gasteiger partial charge on any atom is 0.223 e. The van der Waals surface area contributed by atoms with E-state index in [4.69, 9.17) is 0 Å². The molecule has 114 valence electrons. The largest absolute Gasteiger partial charge is 0.354 e. The van der Waals surface area contributed by atoms with Crippen molar-refractivity contribution in [2.75, 3.05) is 24.6 Å². The highest BCUT2D eigenvalue weighted by Gasteiger charge is 2.33. The van der Waals surface area contributed by atoms with Crippen molar-refractivity contribution in [3.05, 3.63) is 0 Å². The molecule has 1 N–H and O–H groups in total. The molecule has 1 aliphatic heterocycles. The fourth-order valence-electron chi connectivity index (χ4n) is 2.73.